The molecule has 0 spiro atoms. The number of esters is 1. The minimum atomic E-state index is -2.46. The van der Waals surface area contributed by atoms with Crippen molar-refractivity contribution in [1.29, 1.82) is 0 Å². The maximum absolute atomic E-state index is 11.3. The second-order valence-electron chi connectivity index (χ2n) is 7.10. The summed E-state index contributed by atoms with van der Waals surface area (Å²) in [5, 5.41) is 0. The van der Waals surface area contributed by atoms with Gasteiger partial charge in [-0.2, -0.15) is 0 Å². The molecule has 4 nitrogen and oxygen atoms in total. The molecule has 0 aliphatic carbocycles. The minimum Gasteiger partial charge on any atom is -0.490 e. The third-order valence-electron chi connectivity index (χ3n) is 4.45. The van der Waals surface area contributed by atoms with Crippen LogP contribution >= 0.6 is 33.2 Å². The van der Waals surface area contributed by atoms with Gasteiger partial charge < -0.3 is 14.2 Å². The monoisotopic (exact) mass is 494 g/mol. The summed E-state index contributed by atoms with van der Waals surface area (Å²) in [6.07, 6.45) is 11.6. The average Bonchev–Trinajstić information content (AvgIpc) is 2.71. The van der Waals surface area contributed by atoms with E-state index in [2.05, 4.69) is 11.7 Å². The molecule has 0 unspecified atom stereocenters. The van der Waals surface area contributed by atoms with Crippen LogP contribution in [0.25, 0.3) is 6.08 Å². The number of unbranched alkanes of at least 4 members (excludes halogenated alkanes) is 6. The Morgan fingerprint density at radius 2 is 1.57 bits per heavy atom. The largest absolute Gasteiger partial charge is 0.490 e. The lowest BCUT2D eigenvalue weighted by Crippen LogP contribution is -2.07. The first kappa shape index (κ1) is 27.2. The Morgan fingerprint density at radius 1 is 0.933 bits per heavy atom. The maximum atomic E-state index is 11.3. The van der Waals surface area contributed by atoms with Gasteiger partial charge in [-0.15, -0.1) is 33.2 Å². The number of methoxy groups -OCH3 is 1. The number of rotatable bonds is 16. The Balaban J connectivity index is 2.46. The fourth-order valence-corrected chi connectivity index (χ4v) is 4.59. The van der Waals surface area contributed by atoms with E-state index in [0.29, 0.717) is 19.0 Å². The van der Waals surface area contributed by atoms with Crippen LogP contribution in [-0.2, 0) is 9.53 Å². The second kappa shape index (κ2) is 15.8. The molecular formula is C22H33Cl3O4Si. The van der Waals surface area contributed by atoms with Gasteiger partial charge in [0.25, 0.3) is 0 Å². The highest BCUT2D eigenvalue weighted by molar-refractivity contribution is 7.64. The van der Waals surface area contributed by atoms with Crippen molar-refractivity contribution in [3.63, 3.8) is 0 Å². The zero-order valence-corrected chi connectivity index (χ0v) is 21.2. The molecule has 0 aliphatic heterocycles. The fraction of sp³-hybridized carbons (Fsp3) is 0.591. The Kier molecular flexibility index (Phi) is 14.3. The third kappa shape index (κ3) is 13.4. The van der Waals surface area contributed by atoms with Gasteiger partial charge in [0.15, 0.2) is 11.5 Å². The van der Waals surface area contributed by atoms with Crippen LogP contribution in [0.5, 0.6) is 11.5 Å². The van der Waals surface area contributed by atoms with Crippen LogP contribution in [0.3, 0.4) is 0 Å². The Hall–Kier alpha value is -0.883. The summed E-state index contributed by atoms with van der Waals surface area (Å²) in [6.45, 7) is 3.40. The topological polar surface area (TPSA) is 44.8 Å². The summed E-state index contributed by atoms with van der Waals surface area (Å²) in [7, 11) is 1.36. The molecule has 30 heavy (non-hydrogen) atoms. The van der Waals surface area contributed by atoms with E-state index in [9.17, 15) is 4.79 Å². The van der Waals surface area contributed by atoms with E-state index in [1.165, 1.54) is 13.2 Å². The zero-order chi connectivity index (χ0) is 22.2. The van der Waals surface area contributed by atoms with Crippen LogP contribution in [-0.4, -0.2) is 32.3 Å². The van der Waals surface area contributed by atoms with Gasteiger partial charge in [0.1, 0.15) is 0 Å². The molecule has 1 aromatic carbocycles. The summed E-state index contributed by atoms with van der Waals surface area (Å²) in [4.78, 5) is 11.3. The predicted molar refractivity (Wildman–Crippen MR) is 129 cm³/mol. The van der Waals surface area contributed by atoms with E-state index in [4.69, 9.17) is 42.7 Å². The quantitative estimate of drug-likeness (QED) is 0.0786. The standard InChI is InChI=1S/C22H33Cl3O4Si/c1-3-4-15-28-20-13-11-19(12-14-22(26)27-2)18-21(20)29-16-9-7-5-6-8-10-17-30(23,24)25/h11-14,18H,3-10,15-17H2,1-2H3/b14-12+. The molecule has 0 saturated heterocycles. The number of hydrogen-bond donors (Lipinski definition) is 0. The number of ether oxygens (including phenoxy) is 3. The Bertz CT molecular complexity index is 648. The van der Waals surface area contributed by atoms with Gasteiger partial charge in [-0.3, -0.25) is 0 Å². The van der Waals surface area contributed by atoms with Crippen molar-refractivity contribution in [2.75, 3.05) is 20.3 Å². The van der Waals surface area contributed by atoms with Crippen LogP contribution in [0.15, 0.2) is 24.3 Å². The van der Waals surface area contributed by atoms with Crippen LogP contribution in [0.4, 0.5) is 0 Å². The van der Waals surface area contributed by atoms with Crippen LogP contribution in [0, 0.1) is 0 Å². The number of carbonyl (C=O) groups is 1. The molecular weight excluding hydrogens is 463 g/mol. The predicted octanol–water partition coefficient (Wildman–Crippen LogP) is 7.43. The van der Waals surface area contributed by atoms with E-state index in [1.807, 2.05) is 18.2 Å². The van der Waals surface area contributed by atoms with Gasteiger partial charge in [-0.05, 0) is 42.7 Å². The van der Waals surface area contributed by atoms with E-state index in [1.54, 1.807) is 6.08 Å². The van der Waals surface area contributed by atoms with Crippen molar-refractivity contribution in [1.82, 2.24) is 0 Å². The van der Waals surface area contributed by atoms with Gasteiger partial charge in [-0.1, -0.05) is 51.5 Å². The van der Waals surface area contributed by atoms with Crippen molar-refractivity contribution in [3.05, 3.63) is 29.8 Å². The van der Waals surface area contributed by atoms with E-state index >= 15 is 0 Å². The summed E-state index contributed by atoms with van der Waals surface area (Å²) in [6, 6.07) is 3.95. The van der Waals surface area contributed by atoms with Crippen molar-refractivity contribution in [2.45, 2.75) is 64.3 Å². The van der Waals surface area contributed by atoms with Crippen molar-refractivity contribution in [2.24, 2.45) is 0 Å². The molecule has 1 aromatic rings. The summed E-state index contributed by atoms with van der Waals surface area (Å²) in [5.41, 5.74) is 0.857. The molecule has 0 amide bonds. The van der Waals surface area contributed by atoms with Crippen LogP contribution in [0.1, 0.15) is 63.9 Å². The molecule has 1 rings (SSSR count). The maximum Gasteiger partial charge on any atom is 0.341 e. The molecule has 170 valence electrons. The molecule has 0 heterocycles. The molecule has 8 heteroatoms. The number of hydrogen-bond acceptors (Lipinski definition) is 4. The molecule has 0 aromatic heterocycles. The van der Waals surface area contributed by atoms with Crippen molar-refractivity contribution < 1.29 is 19.0 Å². The molecule has 0 bridgehead atoms. The highest BCUT2D eigenvalue weighted by Crippen LogP contribution is 2.30. The SMILES string of the molecule is CCCCOc1ccc(/C=C/C(=O)OC)cc1OCCCCCCCC[Si](Cl)(Cl)Cl. The van der Waals surface area contributed by atoms with E-state index in [-0.39, 0.29) is 0 Å². The van der Waals surface area contributed by atoms with E-state index in [0.717, 1.165) is 68.7 Å². The molecule has 0 N–H and O–H groups in total. The zero-order valence-electron chi connectivity index (χ0n) is 17.9. The van der Waals surface area contributed by atoms with Gasteiger partial charge >= 0.3 is 12.0 Å². The number of carbonyl (C=O) groups excluding carboxylic acids is 1. The molecule has 0 saturated carbocycles. The van der Waals surface area contributed by atoms with Crippen molar-refractivity contribution >= 4 is 51.3 Å². The summed E-state index contributed by atoms with van der Waals surface area (Å²) in [5.74, 6) is 1.04. The van der Waals surface area contributed by atoms with Gasteiger partial charge in [0, 0.05) is 6.08 Å². The lowest BCUT2D eigenvalue weighted by molar-refractivity contribution is -0.134. The molecule has 0 radical (unpaired) electrons. The number of halogens is 3. The Labute approximate surface area is 195 Å². The van der Waals surface area contributed by atoms with Crippen LogP contribution in [0.2, 0.25) is 6.04 Å². The highest BCUT2D eigenvalue weighted by atomic mass is 35.8. The lowest BCUT2D eigenvalue weighted by atomic mass is 10.1. The van der Waals surface area contributed by atoms with E-state index < -0.39 is 12.0 Å². The van der Waals surface area contributed by atoms with Crippen LogP contribution < -0.4 is 9.47 Å². The normalized spacial score (nSPS) is 11.6. The van der Waals surface area contributed by atoms with Gasteiger partial charge in [0.05, 0.1) is 20.3 Å². The minimum absolute atomic E-state index is 0.392. The number of benzene rings is 1. The highest BCUT2D eigenvalue weighted by Gasteiger charge is 2.23. The average molecular weight is 496 g/mol. The third-order valence-corrected chi connectivity index (χ3v) is 7.07. The Morgan fingerprint density at radius 3 is 2.23 bits per heavy atom. The first-order valence-electron chi connectivity index (χ1n) is 10.6. The molecule has 0 atom stereocenters. The first-order valence-corrected chi connectivity index (χ1v) is 15.8. The van der Waals surface area contributed by atoms with Crippen molar-refractivity contribution in [3.8, 4) is 11.5 Å². The summed E-state index contributed by atoms with van der Waals surface area (Å²) >= 11 is 17.7. The second-order valence-corrected chi connectivity index (χ2v) is 16.4. The smallest absolute Gasteiger partial charge is 0.341 e. The fourth-order valence-electron chi connectivity index (χ4n) is 2.74. The lowest BCUT2D eigenvalue weighted by Gasteiger charge is -2.13. The van der Waals surface area contributed by atoms with Gasteiger partial charge in [-0.25, -0.2) is 4.79 Å². The molecule has 0 fully saturated rings. The summed E-state index contributed by atoms with van der Waals surface area (Å²) < 4.78 is 16.5. The van der Waals surface area contributed by atoms with Gasteiger partial charge in [0.2, 0.25) is 0 Å². The first-order chi connectivity index (χ1) is 14.4. The molecule has 0 aliphatic rings.